The fourth-order valence-corrected chi connectivity index (χ4v) is 2.60. The molecule has 1 saturated carbocycles. The van der Waals surface area contributed by atoms with E-state index in [0.29, 0.717) is 18.1 Å². The number of methoxy groups -OCH3 is 1. The van der Waals surface area contributed by atoms with Gasteiger partial charge in [-0.05, 0) is 26.2 Å². The predicted octanol–water partition coefficient (Wildman–Crippen LogP) is 2.25. The summed E-state index contributed by atoms with van der Waals surface area (Å²) >= 11 is 0. The van der Waals surface area contributed by atoms with Crippen molar-refractivity contribution in [1.82, 2.24) is 4.90 Å². The molecule has 1 aliphatic heterocycles. The number of ether oxygens (including phenoxy) is 2. The van der Waals surface area contributed by atoms with Crippen LogP contribution in [0.1, 0.15) is 33.1 Å². The van der Waals surface area contributed by atoms with Crippen LogP contribution in [0.15, 0.2) is 0 Å². The van der Waals surface area contributed by atoms with Gasteiger partial charge in [0.25, 0.3) is 0 Å². The van der Waals surface area contributed by atoms with Gasteiger partial charge in [0.2, 0.25) is 0 Å². The van der Waals surface area contributed by atoms with E-state index in [1.807, 2.05) is 0 Å². The summed E-state index contributed by atoms with van der Waals surface area (Å²) in [6.07, 6.45) is 2.75. The highest BCUT2D eigenvalue weighted by Crippen LogP contribution is 2.47. The minimum absolute atomic E-state index is 0.240. The Morgan fingerprint density at radius 3 is 2.61 bits per heavy atom. The van der Waals surface area contributed by atoms with Crippen molar-refractivity contribution in [2.45, 2.75) is 51.5 Å². The van der Waals surface area contributed by atoms with Gasteiger partial charge < -0.3 is 9.47 Å². The lowest BCUT2D eigenvalue weighted by Crippen LogP contribution is -2.32. The maximum absolute atomic E-state index is 13.6. The zero-order valence-corrected chi connectivity index (χ0v) is 11.8. The highest BCUT2D eigenvalue weighted by atomic mass is 19.1. The lowest BCUT2D eigenvalue weighted by Gasteiger charge is -2.24. The van der Waals surface area contributed by atoms with Gasteiger partial charge >= 0.3 is 0 Å². The summed E-state index contributed by atoms with van der Waals surface area (Å²) < 4.78 is 24.6. The molecule has 0 spiro atoms. The molecule has 3 atom stereocenters. The van der Waals surface area contributed by atoms with Crippen LogP contribution in [0.5, 0.6) is 0 Å². The zero-order valence-electron chi connectivity index (χ0n) is 11.8. The summed E-state index contributed by atoms with van der Waals surface area (Å²) in [4.78, 5) is 2.20. The quantitative estimate of drug-likeness (QED) is 0.700. The van der Waals surface area contributed by atoms with Crippen LogP contribution in [0.2, 0.25) is 0 Å². The molecule has 2 rings (SSSR count). The Morgan fingerprint density at radius 1 is 1.39 bits per heavy atom. The Kier molecular flexibility index (Phi) is 4.62. The maximum atomic E-state index is 13.6. The van der Waals surface area contributed by atoms with Gasteiger partial charge in [0, 0.05) is 32.2 Å². The van der Waals surface area contributed by atoms with Crippen molar-refractivity contribution in [2.24, 2.45) is 5.41 Å². The van der Waals surface area contributed by atoms with Gasteiger partial charge in [-0.25, -0.2) is 4.39 Å². The average molecular weight is 259 g/mol. The van der Waals surface area contributed by atoms with Crippen molar-refractivity contribution in [3.05, 3.63) is 0 Å². The molecule has 106 valence electrons. The normalized spacial score (nSPS) is 32.7. The van der Waals surface area contributed by atoms with Crippen LogP contribution in [-0.4, -0.2) is 56.6 Å². The minimum atomic E-state index is -0.832. The first-order chi connectivity index (χ1) is 8.58. The lowest BCUT2D eigenvalue weighted by atomic mass is 10.1. The van der Waals surface area contributed by atoms with Crippen molar-refractivity contribution in [2.75, 3.05) is 33.4 Å². The number of nitrogens with zero attached hydrogens (tertiary/aromatic N) is 1. The average Bonchev–Trinajstić information content (AvgIpc) is 3.03. The van der Waals surface area contributed by atoms with Crippen LogP contribution in [0.4, 0.5) is 4.39 Å². The van der Waals surface area contributed by atoms with Crippen LogP contribution >= 0.6 is 0 Å². The number of likely N-dealkylation sites (tertiary alicyclic amines) is 1. The van der Waals surface area contributed by atoms with Gasteiger partial charge in [-0.3, -0.25) is 4.90 Å². The molecule has 0 aromatic rings. The van der Waals surface area contributed by atoms with Crippen molar-refractivity contribution in [3.8, 4) is 0 Å². The molecule has 0 aromatic carbocycles. The Bertz CT molecular complexity index is 271. The van der Waals surface area contributed by atoms with Crippen molar-refractivity contribution in [1.29, 1.82) is 0 Å². The molecule has 0 bridgehead atoms. The smallest absolute Gasteiger partial charge is 0.140 e. The molecule has 0 radical (unpaired) electrons. The fraction of sp³-hybridized carbons (Fsp3) is 1.00. The van der Waals surface area contributed by atoms with E-state index in [1.54, 1.807) is 7.11 Å². The molecule has 1 heterocycles. The highest BCUT2D eigenvalue weighted by Gasteiger charge is 2.46. The van der Waals surface area contributed by atoms with Crippen molar-refractivity contribution < 1.29 is 13.9 Å². The third kappa shape index (κ3) is 3.43. The van der Waals surface area contributed by atoms with E-state index in [9.17, 15) is 4.39 Å². The standard InChI is InChI=1S/C14H26FNO2/c1-4-11(2)18-10-14(5-6-14)9-16-7-12(15)13(8-16)17-3/h11-13H,4-10H2,1-3H3. The molecule has 3 unspecified atom stereocenters. The molecule has 3 nitrogen and oxygen atoms in total. The topological polar surface area (TPSA) is 21.7 Å². The van der Waals surface area contributed by atoms with Gasteiger partial charge in [0.1, 0.15) is 12.3 Å². The van der Waals surface area contributed by atoms with E-state index in [0.717, 1.165) is 26.1 Å². The van der Waals surface area contributed by atoms with Gasteiger partial charge in [-0.2, -0.15) is 0 Å². The number of hydrogen-bond donors (Lipinski definition) is 0. The summed E-state index contributed by atoms with van der Waals surface area (Å²) in [6, 6.07) is 0. The predicted molar refractivity (Wildman–Crippen MR) is 69.5 cm³/mol. The molecule has 0 aromatic heterocycles. The van der Waals surface area contributed by atoms with Gasteiger partial charge in [-0.1, -0.05) is 6.92 Å². The molecule has 1 saturated heterocycles. The van der Waals surface area contributed by atoms with E-state index < -0.39 is 6.17 Å². The van der Waals surface area contributed by atoms with E-state index >= 15 is 0 Å². The number of rotatable bonds is 7. The first-order valence-electron chi connectivity index (χ1n) is 7.09. The maximum Gasteiger partial charge on any atom is 0.140 e. The van der Waals surface area contributed by atoms with E-state index in [1.165, 1.54) is 12.8 Å². The molecule has 1 aliphatic carbocycles. The summed E-state index contributed by atoms with van der Waals surface area (Å²) in [7, 11) is 1.60. The van der Waals surface area contributed by atoms with E-state index in [-0.39, 0.29) is 6.10 Å². The first kappa shape index (κ1) is 14.2. The van der Waals surface area contributed by atoms with Crippen LogP contribution < -0.4 is 0 Å². The third-order valence-corrected chi connectivity index (χ3v) is 4.34. The van der Waals surface area contributed by atoms with Crippen LogP contribution in [0.3, 0.4) is 0 Å². The second-order valence-corrected chi connectivity index (χ2v) is 6.01. The molecule has 2 aliphatic rings. The number of halogens is 1. The Hall–Kier alpha value is -0.190. The summed E-state index contributed by atoms with van der Waals surface area (Å²) in [5.74, 6) is 0. The molecular weight excluding hydrogens is 233 g/mol. The molecular formula is C14H26FNO2. The minimum Gasteiger partial charge on any atom is -0.378 e. The summed E-state index contributed by atoms with van der Waals surface area (Å²) in [5.41, 5.74) is 0.297. The fourth-order valence-electron chi connectivity index (χ4n) is 2.60. The SMILES string of the molecule is CCC(C)OCC1(CN2CC(F)C(OC)C2)CC1. The van der Waals surface area contributed by atoms with Crippen LogP contribution in [0, 0.1) is 5.41 Å². The Labute approximate surface area is 110 Å². The van der Waals surface area contributed by atoms with Gasteiger partial charge in [-0.15, -0.1) is 0 Å². The van der Waals surface area contributed by atoms with Gasteiger partial charge in [0.05, 0.1) is 12.7 Å². The van der Waals surface area contributed by atoms with Crippen LogP contribution in [0.25, 0.3) is 0 Å². The summed E-state index contributed by atoms with van der Waals surface area (Å²) in [5, 5.41) is 0. The summed E-state index contributed by atoms with van der Waals surface area (Å²) in [6.45, 7) is 7.29. The monoisotopic (exact) mass is 259 g/mol. The molecule has 2 fully saturated rings. The van der Waals surface area contributed by atoms with E-state index in [4.69, 9.17) is 9.47 Å². The zero-order chi connectivity index (χ0) is 13.2. The van der Waals surface area contributed by atoms with Crippen molar-refractivity contribution in [3.63, 3.8) is 0 Å². The highest BCUT2D eigenvalue weighted by molar-refractivity contribution is 4.98. The number of hydrogen-bond acceptors (Lipinski definition) is 3. The largest absolute Gasteiger partial charge is 0.378 e. The lowest BCUT2D eigenvalue weighted by molar-refractivity contribution is 0.0202. The van der Waals surface area contributed by atoms with Crippen molar-refractivity contribution >= 4 is 0 Å². The molecule has 18 heavy (non-hydrogen) atoms. The van der Waals surface area contributed by atoms with Gasteiger partial charge in [0.15, 0.2) is 0 Å². The second-order valence-electron chi connectivity index (χ2n) is 6.01. The molecule has 4 heteroatoms. The molecule has 0 amide bonds. The van der Waals surface area contributed by atoms with Crippen LogP contribution in [-0.2, 0) is 9.47 Å². The Morgan fingerprint density at radius 2 is 2.11 bits per heavy atom. The second kappa shape index (κ2) is 5.85. The third-order valence-electron chi connectivity index (χ3n) is 4.34. The van der Waals surface area contributed by atoms with E-state index in [2.05, 4.69) is 18.7 Å². The molecule has 0 N–H and O–H groups in total. The first-order valence-corrected chi connectivity index (χ1v) is 7.09. The Balaban J connectivity index is 1.76. The number of alkyl halides is 1.